The molecule has 2 rings (SSSR count). The van der Waals surface area contributed by atoms with Crippen molar-refractivity contribution in [1.82, 2.24) is 10.6 Å². The second kappa shape index (κ2) is 7.78. The van der Waals surface area contributed by atoms with Gasteiger partial charge in [0.1, 0.15) is 11.9 Å². The van der Waals surface area contributed by atoms with Crippen LogP contribution in [0.3, 0.4) is 0 Å². The highest BCUT2D eigenvalue weighted by atomic mass is 35.5. The predicted octanol–water partition coefficient (Wildman–Crippen LogP) is -0.334. The fourth-order valence-electron chi connectivity index (χ4n) is 2.15. The molecule has 9 heteroatoms. The Bertz CT molecular complexity index is 651. The molecule has 24 heavy (non-hydrogen) atoms. The molecule has 3 atom stereocenters. The van der Waals surface area contributed by atoms with E-state index in [0.29, 0.717) is 5.56 Å². The average molecular weight is 355 g/mol. The van der Waals surface area contributed by atoms with Crippen LogP contribution in [0.25, 0.3) is 0 Å². The lowest BCUT2D eigenvalue weighted by Gasteiger charge is -2.35. The molecule has 0 saturated carbocycles. The van der Waals surface area contributed by atoms with E-state index in [4.69, 9.17) is 16.3 Å². The summed E-state index contributed by atoms with van der Waals surface area (Å²) in [4.78, 5) is 47.0. The van der Waals surface area contributed by atoms with Gasteiger partial charge < -0.3 is 20.1 Å². The first-order valence-corrected chi connectivity index (χ1v) is 7.50. The summed E-state index contributed by atoms with van der Waals surface area (Å²) in [6.45, 7) is 0. The van der Waals surface area contributed by atoms with E-state index in [1.165, 1.54) is 7.11 Å². The van der Waals surface area contributed by atoms with Gasteiger partial charge in [0.2, 0.25) is 12.0 Å². The summed E-state index contributed by atoms with van der Waals surface area (Å²) in [6.07, 6.45) is -1.29. The SMILES string of the molecule is COC(=O)C1NC(=O)C1NC(=O)C(OC(=O)CCl)c1ccccc1. The summed E-state index contributed by atoms with van der Waals surface area (Å²) in [5.41, 5.74) is 0.405. The number of halogens is 1. The van der Waals surface area contributed by atoms with E-state index >= 15 is 0 Å². The van der Waals surface area contributed by atoms with E-state index in [-0.39, 0.29) is 0 Å². The number of alkyl halides is 1. The van der Waals surface area contributed by atoms with Crippen molar-refractivity contribution in [3.63, 3.8) is 0 Å². The van der Waals surface area contributed by atoms with Gasteiger partial charge in [0, 0.05) is 5.56 Å². The fraction of sp³-hybridized carbons (Fsp3) is 0.333. The molecule has 0 aliphatic carbocycles. The number of amides is 2. The van der Waals surface area contributed by atoms with Gasteiger partial charge in [-0.15, -0.1) is 11.6 Å². The van der Waals surface area contributed by atoms with Crippen LogP contribution >= 0.6 is 11.6 Å². The number of carbonyl (C=O) groups excluding carboxylic acids is 4. The van der Waals surface area contributed by atoms with Crippen molar-refractivity contribution < 1.29 is 28.7 Å². The maximum Gasteiger partial charge on any atom is 0.331 e. The first-order chi connectivity index (χ1) is 11.5. The van der Waals surface area contributed by atoms with E-state index in [2.05, 4.69) is 15.4 Å². The van der Waals surface area contributed by atoms with Crippen molar-refractivity contribution in [3.8, 4) is 0 Å². The third-order valence-corrected chi connectivity index (χ3v) is 3.58. The van der Waals surface area contributed by atoms with Gasteiger partial charge in [-0.2, -0.15) is 0 Å². The minimum absolute atomic E-state index is 0.405. The highest BCUT2D eigenvalue weighted by molar-refractivity contribution is 6.26. The van der Waals surface area contributed by atoms with Crippen LogP contribution in [0.2, 0.25) is 0 Å². The molecule has 0 spiro atoms. The zero-order chi connectivity index (χ0) is 17.7. The zero-order valence-corrected chi connectivity index (χ0v) is 13.4. The number of rotatable bonds is 6. The van der Waals surface area contributed by atoms with E-state index in [0.717, 1.165) is 0 Å². The fourth-order valence-corrected chi connectivity index (χ4v) is 2.21. The van der Waals surface area contributed by atoms with Crippen LogP contribution in [0.1, 0.15) is 11.7 Å². The van der Waals surface area contributed by atoms with Gasteiger partial charge in [-0.1, -0.05) is 30.3 Å². The summed E-state index contributed by atoms with van der Waals surface area (Å²) < 4.78 is 9.58. The van der Waals surface area contributed by atoms with E-state index in [9.17, 15) is 19.2 Å². The number of methoxy groups -OCH3 is 1. The lowest BCUT2D eigenvalue weighted by Crippen LogP contribution is -2.72. The molecular formula is C15H15ClN2O6. The molecule has 2 N–H and O–H groups in total. The minimum Gasteiger partial charge on any atom is -0.467 e. The van der Waals surface area contributed by atoms with Crippen LogP contribution < -0.4 is 10.6 Å². The summed E-state index contributed by atoms with van der Waals surface area (Å²) in [6, 6.07) is 6.16. The maximum atomic E-state index is 12.4. The minimum atomic E-state index is -1.29. The number of nitrogens with one attached hydrogen (secondary N) is 2. The molecule has 128 valence electrons. The summed E-state index contributed by atoms with van der Waals surface area (Å²) in [5, 5.41) is 4.71. The Morgan fingerprint density at radius 2 is 1.96 bits per heavy atom. The molecule has 8 nitrogen and oxygen atoms in total. The van der Waals surface area contributed by atoms with Crippen LogP contribution in [0.4, 0.5) is 0 Å². The molecular weight excluding hydrogens is 340 g/mol. The predicted molar refractivity (Wildman–Crippen MR) is 81.9 cm³/mol. The Hall–Kier alpha value is -2.61. The van der Waals surface area contributed by atoms with Gasteiger partial charge in [-0.25, -0.2) is 4.79 Å². The topological polar surface area (TPSA) is 111 Å². The number of hydrogen-bond donors (Lipinski definition) is 2. The average Bonchev–Trinajstić information content (AvgIpc) is 2.61. The highest BCUT2D eigenvalue weighted by Gasteiger charge is 2.46. The first-order valence-electron chi connectivity index (χ1n) is 6.97. The normalized spacial score (nSPS) is 20.2. The third-order valence-electron chi connectivity index (χ3n) is 3.37. The monoisotopic (exact) mass is 354 g/mol. The van der Waals surface area contributed by atoms with E-state index in [1.54, 1.807) is 30.3 Å². The zero-order valence-electron chi connectivity index (χ0n) is 12.7. The van der Waals surface area contributed by atoms with Crippen molar-refractivity contribution in [1.29, 1.82) is 0 Å². The number of hydrogen-bond acceptors (Lipinski definition) is 6. The van der Waals surface area contributed by atoms with Crippen molar-refractivity contribution >= 4 is 35.4 Å². The quantitative estimate of drug-likeness (QED) is 0.411. The molecule has 0 bridgehead atoms. The molecule has 0 radical (unpaired) electrons. The van der Waals surface area contributed by atoms with Gasteiger partial charge in [0.05, 0.1) is 7.11 Å². The molecule has 1 fully saturated rings. The molecule has 1 aliphatic rings. The van der Waals surface area contributed by atoms with Crippen molar-refractivity contribution in [2.45, 2.75) is 18.2 Å². The van der Waals surface area contributed by atoms with Crippen molar-refractivity contribution in [3.05, 3.63) is 35.9 Å². The smallest absolute Gasteiger partial charge is 0.331 e. The number of benzene rings is 1. The largest absolute Gasteiger partial charge is 0.467 e. The molecule has 1 aliphatic heterocycles. The second-order valence-electron chi connectivity index (χ2n) is 4.91. The Balaban J connectivity index is 2.14. The first kappa shape index (κ1) is 17.7. The van der Waals surface area contributed by atoms with Gasteiger partial charge in [0.15, 0.2) is 6.04 Å². The Morgan fingerprint density at radius 3 is 2.50 bits per heavy atom. The van der Waals surface area contributed by atoms with Gasteiger partial charge in [-0.3, -0.25) is 14.4 Å². The highest BCUT2D eigenvalue weighted by Crippen LogP contribution is 2.19. The Labute approximate surface area is 142 Å². The van der Waals surface area contributed by atoms with E-state index in [1.807, 2.05) is 0 Å². The molecule has 1 saturated heterocycles. The number of ether oxygens (including phenoxy) is 2. The van der Waals surface area contributed by atoms with Crippen LogP contribution in [0.15, 0.2) is 30.3 Å². The van der Waals surface area contributed by atoms with Gasteiger partial charge >= 0.3 is 11.9 Å². The molecule has 2 amide bonds. The summed E-state index contributed by atoms with van der Waals surface area (Å²) in [5.74, 6) is -3.18. The van der Waals surface area contributed by atoms with Crippen LogP contribution in [0, 0.1) is 0 Å². The standard InChI is InChI=1S/C15H15ClN2O6/c1-23-15(22)11-10(13(20)18-11)17-14(21)12(24-9(19)7-16)8-5-3-2-4-6-8/h2-6,10-12H,7H2,1H3,(H,17,21)(H,18,20). The summed E-state index contributed by atoms with van der Waals surface area (Å²) >= 11 is 5.41. The Kier molecular flexibility index (Phi) is 5.75. The van der Waals surface area contributed by atoms with Crippen LogP contribution in [-0.2, 0) is 28.7 Å². The van der Waals surface area contributed by atoms with Crippen molar-refractivity contribution in [2.75, 3.05) is 13.0 Å². The molecule has 0 aromatic heterocycles. The number of carbonyl (C=O) groups is 4. The van der Waals surface area contributed by atoms with Crippen LogP contribution in [-0.4, -0.2) is 48.8 Å². The Morgan fingerprint density at radius 1 is 1.29 bits per heavy atom. The molecule has 1 aromatic carbocycles. The number of β-lactam (4-membered cyclic amide) rings is 1. The van der Waals surface area contributed by atoms with E-state index < -0.39 is 47.8 Å². The molecule has 1 heterocycles. The molecule has 3 unspecified atom stereocenters. The number of esters is 2. The van der Waals surface area contributed by atoms with Gasteiger partial charge in [-0.05, 0) is 0 Å². The third kappa shape index (κ3) is 3.83. The molecule has 1 aromatic rings. The maximum absolute atomic E-state index is 12.4. The van der Waals surface area contributed by atoms with Gasteiger partial charge in [0.25, 0.3) is 5.91 Å². The lowest BCUT2D eigenvalue weighted by atomic mass is 9.98. The second-order valence-corrected chi connectivity index (χ2v) is 5.18. The lowest BCUT2D eigenvalue weighted by molar-refractivity contribution is -0.158. The summed E-state index contributed by atoms with van der Waals surface area (Å²) in [7, 11) is 1.17. The van der Waals surface area contributed by atoms with Crippen LogP contribution in [0.5, 0.6) is 0 Å². The van der Waals surface area contributed by atoms with Crippen molar-refractivity contribution in [2.24, 2.45) is 0 Å².